The molecule has 1 aliphatic rings. The highest BCUT2D eigenvalue weighted by molar-refractivity contribution is 5.84. The maximum atomic E-state index is 13.5. The van der Waals surface area contributed by atoms with Crippen LogP contribution in [0.2, 0.25) is 0 Å². The molecule has 0 spiro atoms. The molecule has 0 bridgehead atoms. The second kappa shape index (κ2) is 6.71. The fourth-order valence-electron chi connectivity index (χ4n) is 3.44. The maximum absolute atomic E-state index is 13.5. The van der Waals surface area contributed by atoms with Crippen LogP contribution in [-0.4, -0.2) is 17.9 Å². The van der Waals surface area contributed by atoms with Gasteiger partial charge in [0.1, 0.15) is 0 Å². The number of fused-ring (bicyclic) bond motifs is 1. The molecule has 3 rings (SSSR count). The van der Waals surface area contributed by atoms with Crippen molar-refractivity contribution in [1.29, 1.82) is 0 Å². The number of rotatable bonds is 3. The van der Waals surface area contributed by atoms with Crippen LogP contribution in [0.4, 0.5) is 8.78 Å². The summed E-state index contributed by atoms with van der Waals surface area (Å²) in [6.07, 6.45) is 2.81. The van der Waals surface area contributed by atoms with Gasteiger partial charge in [-0.1, -0.05) is 30.3 Å². The predicted molar refractivity (Wildman–Crippen MR) is 89.7 cm³/mol. The van der Waals surface area contributed by atoms with Crippen molar-refractivity contribution in [2.45, 2.75) is 38.1 Å². The number of amides is 1. The average molecular weight is 329 g/mol. The van der Waals surface area contributed by atoms with Crippen LogP contribution in [0.1, 0.15) is 48.4 Å². The standard InChI is InChI=1S/C20H21F2NO/c1-13(15-10-11-18(21)19(22)12-15)23(2)20(24)17-9-5-7-14-6-3-4-8-16(14)17/h3-4,6,8,10-13,17H,5,7,9H2,1-2H3/t13-,17-/m1/s1. The van der Waals surface area contributed by atoms with E-state index in [-0.39, 0.29) is 17.9 Å². The van der Waals surface area contributed by atoms with Gasteiger partial charge in [-0.3, -0.25) is 4.79 Å². The number of carbonyl (C=O) groups is 1. The Balaban J connectivity index is 1.83. The Hall–Kier alpha value is -2.23. The molecule has 0 aromatic heterocycles. The monoisotopic (exact) mass is 329 g/mol. The summed E-state index contributed by atoms with van der Waals surface area (Å²) in [5.41, 5.74) is 2.92. The van der Waals surface area contributed by atoms with Crippen LogP contribution in [0.15, 0.2) is 42.5 Å². The lowest BCUT2D eigenvalue weighted by molar-refractivity contribution is -0.133. The number of hydrogen-bond donors (Lipinski definition) is 0. The molecule has 0 aliphatic heterocycles. The number of benzene rings is 2. The molecule has 1 amide bonds. The molecule has 126 valence electrons. The summed E-state index contributed by atoms with van der Waals surface area (Å²) < 4.78 is 26.6. The fourth-order valence-corrected chi connectivity index (χ4v) is 3.44. The van der Waals surface area contributed by atoms with Gasteiger partial charge in [-0.25, -0.2) is 8.78 Å². The first-order valence-corrected chi connectivity index (χ1v) is 8.28. The van der Waals surface area contributed by atoms with E-state index < -0.39 is 11.6 Å². The summed E-state index contributed by atoms with van der Waals surface area (Å²) in [5.74, 6) is -1.89. The third-order valence-corrected chi connectivity index (χ3v) is 5.02. The van der Waals surface area contributed by atoms with E-state index in [0.717, 1.165) is 30.9 Å². The molecule has 0 unspecified atom stereocenters. The van der Waals surface area contributed by atoms with E-state index in [4.69, 9.17) is 0 Å². The molecule has 0 N–H and O–H groups in total. The van der Waals surface area contributed by atoms with E-state index in [2.05, 4.69) is 6.07 Å². The van der Waals surface area contributed by atoms with Crippen molar-refractivity contribution in [1.82, 2.24) is 4.90 Å². The van der Waals surface area contributed by atoms with Gasteiger partial charge in [0, 0.05) is 7.05 Å². The molecular weight excluding hydrogens is 308 g/mol. The molecule has 2 atom stereocenters. The molecule has 4 heteroatoms. The summed E-state index contributed by atoms with van der Waals surface area (Å²) in [6, 6.07) is 11.5. The Bertz CT molecular complexity index is 759. The normalized spacial score (nSPS) is 17.9. The Labute approximate surface area is 141 Å². The van der Waals surface area contributed by atoms with E-state index in [9.17, 15) is 13.6 Å². The number of aryl methyl sites for hydroxylation is 1. The van der Waals surface area contributed by atoms with E-state index in [1.807, 2.05) is 25.1 Å². The zero-order valence-corrected chi connectivity index (χ0v) is 13.9. The van der Waals surface area contributed by atoms with Gasteiger partial charge in [0.25, 0.3) is 0 Å². The maximum Gasteiger partial charge on any atom is 0.230 e. The number of nitrogens with zero attached hydrogens (tertiary/aromatic N) is 1. The fraction of sp³-hybridized carbons (Fsp3) is 0.350. The Morgan fingerprint density at radius 3 is 2.67 bits per heavy atom. The molecule has 24 heavy (non-hydrogen) atoms. The molecule has 2 aromatic rings. The Morgan fingerprint density at radius 2 is 1.92 bits per heavy atom. The van der Waals surface area contributed by atoms with Crippen LogP contribution >= 0.6 is 0 Å². The van der Waals surface area contributed by atoms with Crippen molar-refractivity contribution >= 4 is 5.91 Å². The van der Waals surface area contributed by atoms with Crippen molar-refractivity contribution in [3.05, 3.63) is 70.8 Å². The van der Waals surface area contributed by atoms with Crippen LogP contribution in [0.25, 0.3) is 0 Å². The minimum absolute atomic E-state index is 0.0272. The molecule has 2 aromatic carbocycles. The van der Waals surface area contributed by atoms with Crippen molar-refractivity contribution in [3.8, 4) is 0 Å². The summed E-state index contributed by atoms with van der Waals surface area (Å²) in [5, 5.41) is 0. The first kappa shape index (κ1) is 16.6. The minimum Gasteiger partial charge on any atom is -0.338 e. The van der Waals surface area contributed by atoms with Crippen molar-refractivity contribution < 1.29 is 13.6 Å². The van der Waals surface area contributed by atoms with Gasteiger partial charge >= 0.3 is 0 Å². The van der Waals surface area contributed by atoms with Gasteiger partial charge in [-0.2, -0.15) is 0 Å². The van der Waals surface area contributed by atoms with Gasteiger partial charge < -0.3 is 4.90 Å². The van der Waals surface area contributed by atoms with E-state index in [1.54, 1.807) is 11.9 Å². The van der Waals surface area contributed by atoms with Crippen molar-refractivity contribution in [3.63, 3.8) is 0 Å². The molecule has 0 saturated heterocycles. The summed E-state index contributed by atoms with van der Waals surface area (Å²) in [7, 11) is 1.73. The highest BCUT2D eigenvalue weighted by atomic mass is 19.2. The minimum atomic E-state index is -0.886. The smallest absolute Gasteiger partial charge is 0.230 e. The summed E-state index contributed by atoms with van der Waals surface area (Å²) >= 11 is 0. The van der Waals surface area contributed by atoms with Gasteiger partial charge in [0.05, 0.1) is 12.0 Å². The molecule has 0 heterocycles. The van der Waals surface area contributed by atoms with Crippen LogP contribution < -0.4 is 0 Å². The van der Waals surface area contributed by atoms with Crippen molar-refractivity contribution in [2.24, 2.45) is 0 Å². The number of hydrogen-bond acceptors (Lipinski definition) is 1. The first-order valence-electron chi connectivity index (χ1n) is 8.28. The van der Waals surface area contributed by atoms with Gasteiger partial charge in [0.15, 0.2) is 11.6 Å². The topological polar surface area (TPSA) is 20.3 Å². The van der Waals surface area contributed by atoms with Gasteiger partial charge in [0.2, 0.25) is 5.91 Å². The van der Waals surface area contributed by atoms with Gasteiger partial charge in [-0.15, -0.1) is 0 Å². The third-order valence-electron chi connectivity index (χ3n) is 5.02. The third kappa shape index (κ3) is 3.05. The SMILES string of the molecule is C[C@H](c1ccc(F)c(F)c1)N(C)C(=O)[C@@H]1CCCc2ccccc21. The number of carbonyl (C=O) groups excluding carboxylic acids is 1. The highest BCUT2D eigenvalue weighted by Gasteiger charge is 2.30. The Morgan fingerprint density at radius 1 is 1.17 bits per heavy atom. The predicted octanol–water partition coefficient (Wildman–Crippen LogP) is 4.60. The molecule has 0 fully saturated rings. The van der Waals surface area contributed by atoms with E-state index in [1.165, 1.54) is 17.7 Å². The summed E-state index contributed by atoms with van der Waals surface area (Å²) in [6.45, 7) is 1.83. The number of likely N-dealkylation sites (N-methyl/N-ethyl adjacent to an activating group) is 1. The zero-order chi connectivity index (χ0) is 17.3. The zero-order valence-electron chi connectivity index (χ0n) is 13.9. The van der Waals surface area contributed by atoms with E-state index >= 15 is 0 Å². The molecule has 2 nitrogen and oxygen atoms in total. The molecule has 0 saturated carbocycles. The molecule has 0 radical (unpaired) electrons. The first-order chi connectivity index (χ1) is 11.5. The van der Waals surface area contributed by atoms with Crippen LogP contribution in [0, 0.1) is 11.6 Å². The quantitative estimate of drug-likeness (QED) is 0.805. The van der Waals surface area contributed by atoms with Gasteiger partial charge in [-0.05, 0) is 55.0 Å². The second-order valence-electron chi connectivity index (χ2n) is 6.44. The second-order valence-corrected chi connectivity index (χ2v) is 6.44. The van der Waals surface area contributed by atoms with Crippen LogP contribution in [0.5, 0.6) is 0 Å². The van der Waals surface area contributed by atoms with Crippen LogP contribution in [-0.2, 0) is 11.2 Å². The lowest BCUT2D eigenvalue weighted by Gasteiger charge is -2.32. The van der Waals surface area contributed by atoms with E-state index in [0.29, 0.717) is 5.56 Å². The number of halogens is 2. The molecular formula is C20H21F2NO. The van der Waals surface area contributed by atoms with Crippen molar-refractivity contribution in [2.75, 3.05) is 7.05 Å². The summed E-state index contributed by atoms with van der Waals surface area (Å²) in [4.78, 5) is 14.6. The Kier molecular flexibility index (Phi) is 4.65. The lowest BCUT2D eigenvalue weighted by atomic mass is 9.82. The molecule has 1 aliphatic carbocycles. The lowest BCUT2D eigenvalue weighted by Crippen LogP contribution is -2.35. The highest BCUT2D eigenvalue weighted by Crippen LogP contribution is 2.34. The largest absolute Gasteiger partial charge is 0.338 e. The average Bonchev–Trinajstić information content (AvgIpc) is 2.61. The van der Waals surface area contributed by atoms with Crippen LogP contribution in [0.3, 0.4) is 0 Å².